The summed E-state index contributed by atoms with van der Waals surface area (Å²) in [5, 5.41) is 71.5. The molecule has 0 rings (SSSR count). The fourth-order valence-corrected chi connectivity index (χ4v) is 0.568. The summed E-state index contributed by atoms with van der Waals surface area (Å²) in [7, 11) is 0. The van der Waals surface area contributed by atoms with Gasteiger partial charge >= 0.3 is 158 Å². The topological polar surface area (TPSA) is 238 Å². The Kier molecular flexibility index (Phi) is 328. The average molecular weight is 802 g/mol. The van der Waals surface area contributed by atoms with E-state index in [9.17, 15) is 0 Å². The quantitative estimate of drug-likeness (QED) is 0.175. The maximum absolute atomic E-state index is 7.90. The van der Waals surface area contributed by atoms with Gasteiger partial charge in [0.05, 0.1) is 0 Å². The van der Waals surface area contributed by atoms with Crippen molar-refractivity contribution in [3.8, 4) is 25.4 Å². The molecule has 108 valence electrons. The summed E-state index contributed by atoms with van der Waals surface area (Å²) < 4.78 is 5.65. The molecule has 0 aromatic heterocycles. The van der Waals surface area contributed by atoms with Gasteiger partial charge in [-0.15, -0.1) is 0 Å². The van der Waals surface area contributed by atoms with Crippen molar-refractivity contribution in [3.63, 3.8) is 0 Å². The van der Waals surface area contributed by atoms with E-state index < -0.39 is 38.9 Å². The Morgan fingerprint density at radius 1 is 0.640 bits per heavy atom. The molecule has 0 aliphatic rings. The zero-order chi connectivity index (χ0) is 20.5. The predicted molar refractivity (Wildman–Crippen MR) is 65.1 cm³/mol. The summed E-state index contributed by atoms with van der Waals surface area (Å²) in [6.07, 6.45) is 0. The average Bonchev–Trinajstić information content (AvgIpc) is 2.65. The molecule has 0 spiro atoms. The third-order valence-corrected chi connectivity index (χ3v) is 2.54. The molecule has 15 heteroatoms. The fourth-order valence-electron chi connectivity index (χ4n) is 0.0921. The molecule has 0 aromatic carbocycles. The van der Waals surface area contributed by atoms with Gasteiger partial charge in [-0.05, 0) is 0 Å². The van der Waals surface area contributed by atoms with Crippen LogP contribution in [0.2, 0.25) is 0 Å². The van der Waals surface area contributed by atoms with Gasteiger partial charge in [0.2, 0.25) is 0 Å². The Hall–Kier alpha value is -1.55. The molecule has 10 nitrogen and oxygen atoms in total. The van der Waals surface area contributed by atoms with Gasteiger partial charge in [-0.25, -0.2) is 0 Å². The molecule has 0 saturated heterocycles. The first-order valence-corrected chi connectivity index (χ1v) is 13.2. The molecule has 0 saturated carbocycles. The Bertz CT molecular complexity index is 497. The Labute approximate surface area is 203 Å². The summed E-state index contributed by atoms with van der Waals surface area (Å²) >= 11 is -3.28. The Morgan fingerprint density at radius 3 is 0.800 bits per heavy atom. The molecule has 0 bridgehead atoms. The first-order chi connectivity index (χ1) is 11.2. The molecule has 0 fully saturated rings. The van der Waals surface area contributed by atoms with Gasteiger partial charge < -0.3 is 47.3 Å². The summed E-state index contributed by atoms with van der Waals surface area (Å²) in [5.41, 5.74) is 0. The molecule has 0 aliphatic carbocycles. The second-order valence-electron chi connectivity index (χ2n) is 1.14. The molecular weight excluding hydrogens is 802 g/mol. The summed E-state index contributed by atoms with van der Waals surface area (Å²) in [6, 6.07) is 0. The molecule has 25 heavy (non-hydrogen) atoms. The zero-order valence-corrected chi connectivity index (χ0v) is 25.1. The van der Waals surface area contributed by atoms with Crippen LogP contribution >= 0.6 is 0 Å². The van der Waals surface area contributed by atoms with E-state index in [0.29, 0.717) is 26.1 Å². The van der Waals surface area contributed by atoms with Crippen molar-refractivity contribution in [2.24, 2.45) is 0 Å². The van der Waals surface area contributed by atoms with Gasteiger partial charge in [0.1, 0.15) is 0 Å². The minimum atomic E-state index is -2.31. The zero-order valence-electron chi connectivity index (χ0n) is 12.5. The fraction of sp³-hybridized carbons (Fsp3) is 0. The van der Waals surface area contributed by atoms with E-state index in [1.54, 1.807) is 14.6 Å². The molecule has 0 N–H and O–H groups in total. The van der Waals surface area contributed by atoms with Crippen molar-refractivity contribution in [2.75, 3.05) is 0 Å². The van der Waals surface area contributed by atoms with Crippen molar-refractivity contribution in [1.29, 1.82) is 52.6 Å². The molecule has 0 atom stereocenters. The normalized spacial score (nSPS) is 3.24. The smallest absolute Gasteiger partial charge is 0.512 e. The third-order valence-electron chi connectivity index (χ3n) is 0.412. The van der Waals surface area contributed by atoms with Gasteiger partial charge in [0, 0.05) is 0 Å². The minimum Gasteiger partial charge on any atom is -0.512 e. The monoisotopic (exact) mass is 804 g/mol. The molecule has 0 amide bonds. The molecule has 0 heterocycles. The summed E-state index contributed by atoms with van der Waals surface area (Å²) in [4.78, 5) is 4.88. The first-order valence-electron chi connectivity index (χ1n) is 3.76. The molecular formula is C10AsCrHgLiN10Pb. The number of nitriles is 6. The van der Waals surface area contributed by atoms with Crippen molar-refractivity contribution in [3.05, 3.63) is 26.3 Å². The summed E-state index contributed by atoms with van der Waals surface area (Å²) in [6.45, 7) is 19.0. The van der Waals surface area contributed by atoms with Crippen molar-refractivity contribution in [2.45, 2.75) is 0 Å². The predicted octanol–water partition coefficient (Wildman–Crippen LogP) is -3.28. The van der Waals surface area contributed by atoms with Crippen LogP contribution in [0.3, 0.4) is 0 Å². The largest absolute Gasteiger partial charge is 3.00 e. The van der Waals surface area contributed by atoms with Crippen LogP contribution in [-0.4, -0.2) is 38.9 Å². The number of hydrogen-bond donors (Lipinski definition) is 0. The van der Waals surface area contributed by atoms with Crippen LogP contribution < -0.4 is 18.9 Å². The molecule has 0 aliphatic heterocycles. The van der Waals surface area contributed by atoms with E-state index in [4.69, 9.17) is 78.9 Å². The van der Waals surface area contributed by atoms with E-state index in [1.165, 1.54) is 0 Å². The van der Waals surface area contributed by atoms with Gasteiger partial charge in [-0.3, -0.25) is 0 Å². The van der Waals surface area contributed by atoms with Crippen LogP contribution in [-0.2, 0) is 43.5 Å². The maximum atomic E-state index is 7.90. The Balaban J connectivity index is -0.0000000182. The number of nitrogens with zero attached hydrogens (tertiary/aromatic N) is 10. The second-order valence-corrected chi connectivity index (χ2v) is 7.75. The Morgan fingerprint density at radius 2 is 0.800 bits per heavy atom. The third kappa shape index (κ3) is 226. The van der Waals surface area contributed by atoms with Gasteiger partial charge in [-0.1, -0.05) is 0 Å². The van der Waals surface area contributed by atoms with Crippen LogP contribution in [0, 0.1) is 104 Å². The van der Waals surface area contributed by atoms with Crippen LogP contribution in [0.25, 0.3) is 0 Å². The van der Waals surface area contributed by atoms with Crippen molar-refractivity contribution < 1.29 is 62.3 Å². The standard InChI is InChI=1S/C3AsN3.7CN.Cr.Hg.Li.Pb/c5-1-4(2-6)3-7;7*1-2;;;;/q;;;;4*-1;+3;;+1;. The van der Waals surface area contributed by atoms with Crippen LogP contribution in [0.4, 0.5) is 0 Å². The van der Waals surface area contributed by atoms with Crippen LogP contribution in [0.15, 0.2) is 0 Å². The number of hydrogen-bond acceptors (Lipinski definition) is 10. The van der Waals surface area contributed by atoms with E-state index in [1.807, 2.05) is 10.8 Å². The van der Waals surface area contributed by atoms with Gasteiger partial charge in [0.15, 0.2) is 0 Å². The summed E-state index contributed by atoms with van der Waals surface area (Å²) in [5.74, 6) is 0. The maximum Gasteiger partial charge on any atom is 3.00 e. The molecule has 0 aromatic rings. The number of rotatable bonds is 0. The molecule has 3 radical (unpaired) electrons. The first kappa shape index (κ1) is 56.6. The second kappa shape index (κ2) is 145. The van der Waals surface area contributed by atoms with Crippen LogP contribution in [0.5, 0.6) is 0 Å². The van der Waals surface area contributed by atoms with Crippen molar-refractivity contribution in [1.82, 2.24) is 0 Å². The van der Waals surface area contributed by atoms with E-state index in [2.05, 4.69) is 0 Å². The van der Waals surface area contributed by atoms with Gasteiger partial charge in [-0.2, -0.15) is 0 Å². The SMILES string of the molecule is N#C[As](C#N)C#N.N#[C][Hg].N#[C][Pb][C]#N.[C-]#N.[C-]#N.[C-]#N.[C-]#N.[Cr+3].[Li+]. The van der Waals surface area contributed by atoms with E-state index >= 15 is 0 Å². The van der Waals surface area contributed by atoms with E-state index in [0.717, 1.165) is 0 Å². The minimum absolute atomic E-state index is 0. The van der Waals surface area contributed by atoms with Crippen LogP contribution in [0.1, 0.15) is 0 Å². The van der Waals surface area contributed by atoms with Crippen molar-refractivity contribution >= 4 is 38.9 Å². The molecule has 0 unspecified atom stereocenters. The van der Waals surface area contributed by atoms with Gasteiger partial charge in [0.25, 0.3) is 0 Å². The van der Waals surface area contributed by atoms with E-state index in [-0.39, 0.29) is 36.2 Å².